The first-order chi connectivity index (χ1) is 15.1. The summed E-state index contributed by atoms with van der Waals surface area (Å²) in [5.74, 6) is 0.924. The van der Waals surface area contributed by atoms with Crippen LogP contribution >= 0.6 is 9.24 Å². The molecule has 0 amide bonds. The fourth-order valence-corrected chi connectivity index (χ4v) is 5.74. The van der Waals surface area contributed by atoms with Gasteiger partial charge in [-0.25, -0.2) is 0 Å². The van der Waals surface area contributed by atoms with Crippen molar-refractivity contribution in [3.8, 4) is 0 Å². The summed E-state index contributed by atoms with van der Waals surface area (Å²) in [4.78, 5) is 0. The predicted octanol–water partition coefficient (Wildman–Crippen LogP) is 11.4. The molecule has 1 heteroatoms. The zero-order valence-corrected chi connectivity index (χ0v) is 23.5. The summed E-state index contributed by atoms with van der Waals surface area (Å²) >= 11 is 0. The van der Waals surface area contributed by atoms with Crippen molar-refractivity contribution >= 4 is 9.24 Å². The molecule has 0 aromatic rings. The smallest absolute Gasteiger partial charge is 0.0122 e. The molecule has 0 aromatic carbocycles. The highest BCUT2D eigenvalue weighted by molar-refractivity contribution is 7.19. The van der Waals surface area contributed by atoms with Gasteiger partial charge in [-0.05, 0) is 62.4 Å². The lowest BCUT2D eigenvalue weighted by molar-refractivity contribution is 0.274. The SMILES string of the molecule is CCCCCCCCC=CCCCCCCC(CCCC)C(P)(CCCC)CCCC. The van der Waals surface area contributed by atoms with Crippen LogP contribution in [-0.4, -0.2) is 5.16 Å². The van der Waals surface area contributed by atoms with Crippen molar-refractivity contribution < 1.29 is 0 Å². The average Bonchev–Trinajstić information content (AvgIpc) is 2.78. The summed E-state index contributed by atoms with van der Waals surface area (Å²) in [6, 6.07) is 0. The Bertz CT molecular complexity index is 365. The van der Waals surface area contributed by atoms with Gasteiger partial charge in [-0.2, -0.15) is 0 Å². The van der Waals surface area contributed by atoms with E-state index in [0.29, 0.717) is 5.16 Å². The Balaban J connectivity index is 4.07. The Labute approximate surface area is 201 Å². The lowest BCUT2D eigenvalue weighted by Crippen LogP contribution is -2.32. The lowest BCUT2D eigenvalue weighted by Gasteiger charge is -2.39. The quantitative estimate of drug-likeness (QED) is 0.0775. The molecule has 0 aliphatic heterocycles. The van der Waals surface area contributed by atoms with Crippen LogP contribution in [0.2, 0.25) is 0 Å². The molecule has 0 saturated heterocycles. The number of hydrogen-bond donors (Lipinski definition) is 0. The van der Waals surface area contributed by atoms with Crippen LogP contribution in [0.5, 0.6) is 0 Å². The Morgan fingerprint density at radius 1 is 0.516 bits per heavy atom. The van der Waals surface area contributed by atoms with Gasteiger partial charge in [0.2, 0.25) is 0 Å². The van der Waals surface area contributed by atoms with Crippen molar-refractivity contribution in [2.75, 3.05) is 0 Å². The molecule has 0 aliphatic carbocycles. The fraction of sp³-hybridized carbons (Fsp3) is 0.933. The van der Waals surface area contributed by atoms with Crippen LogP contribution in [0.1, 0.15) is 169 Å². The lowest BCUT2D eigenvalue weighted by atomic mass is 9.77. The molecule has 0 heterocycles. The van der Waals surface area contributed by atoms with Gasteiger partial charge in [0.1, 0.15) is 0 Å². The highest BCUT2D eigenvalue weighted by atomic mass is 31.0. The maximum atomic E-state index is 3.39. The van der Waals surface area contributed by atoms with E-state index in [0.717, 1.165) is 5.92 Å². The standard InChI is InChI=1S/C30H61P/c1-5-9-13-14-15-16-17-18-19-20-21-22-23-24-26-29(25-10-6-2)30(31,27-11-7-3)28-12-8-4/h18-19,29H,5-17,20-28,31H2,1-4H3. The third-order valence-corrected chi connectivity index (χ3v) is 8.32. The summed E-state index contributed by atoms with van der Waals surface area (Å²) in [7, 11) is 3.39. The van der Waals surface area contributed by atoms with Crippen molar-refractivity contribution in [2.24, 2.45) is 5.92 Å². The molecule has 2 unspecified atom stereocenters. The predicted molar refractivity (Wildman–Crippen MR) is 149 cm³/mol. The molecule has 0 bridgehead atoms. The molecule has 0 aliphatic rings. The minimum absolute atomic E-state index is 0.514. The van der Waals surface area contributed by atoms with Crippen LogP contribution < -0.4 is 0 Å². The zero-order valence-electron chi connectivity index (χ0n) is 22.4. The van der Waals surface area contributed by atoms with E-state index >= 15 is 0 Å². The van der Waals surface area contributed by atoms with E-state index in [9.17, 15) is 0 Å². The van der Waals surface area contributed by atoms with Crippen molar-refractivity contribution in [2.45, 2.75) is 174 Å². The summed E-state index contributed by atoms with van der Waals surface area (Å²) < 4.78 is 0. The Morgan fingerprint density at radius 3 is 1.45 bits per heavy atom. The molecule has 2 atom stereocenters. The normalized spacial score (nSPS) is 13.3. The summed E-state index contributed by atoms with van der Waals surface area (Å²) in [6.07, 6.45) is 35.7. The van der Waals surface area contributed by atoms with Crippen LogP contribution in [0.3, 0.4) is 0 Å². The van der Waals surface area contributed by atoms with Crippen LogP contribution in [0.25, 0.3) is 0 Å². The third kappa shape index (κ3) is 18.3. The molecule has 0 N–H and O–H groups in total. The van der Waals surface area contributed by atoms with E-state index in [2.05, 4.69) is 49.1 Å². The molecule has 186 valence electrons. The van der Waals surface area contributed by atoms with E-state index in [1.54, 1.807) is 0 Å². The fourth-order valence-electron chi connectivity index (χ4n) is 5.00. The van der Waals surface area contributed by atoms with Crippen molar-refractivity contribution in [1.29, 1.82) is 0 Å². The molecule has 0 fully saturated rings. The van der Waals surface area contributed by atoms with Crippen LogP contribution in [-0.2, 0) is 0 Å². The first-order valence-electron chi connectivity index (χ1n) is 14.6. The Hall–Kier alpha value is 0.170. The zero-order chi connectivity index (χ0) is 23.0. The third-order valence-electron chi connectivity index (χ3n) is 7.28. The molecule has 0 saturated carbocycles. The van der Waals surface area contributed by atoms with Gasteiger partial charge in [-0.1, -0.05) is 130 Å². The van der Waals surface area contributed by atoms with E-state index in [-0.39, 0.29) is 0 Å². The van der Waals surface area contributed by atoms with Crippen LogP contribution in [0.15, 0.2) is 12.2 Å². The van der Waals surface area contributed by atoms with Crippen LogP contribution in [0, 0.1) is 5.92 Å². The molecular formula is C30H61P. The first kappa shape index (κ1) is 31.2. The highest BCUT2D eigenvalue weighted by Crippen LogP contribution is 2.43. The molecule has 0 radical (unpaired) electrons. The number of allylic oxidation sites excluding steroid dienone is 2. The summed E-state index contributed by atoms with van der Waals surface area (Å²) in [5.41, 5.74) is 0. The minimum atomic E-state index is 0.514. The van der Waals surface area contributed by atoms with Crippen molar-refractivity contribution in [3.63, 3.8) is 0 Å². The van der Waals surface area contributed by atoms with E-state index in [4.69, 9.17) is 0 Å². The molecular weight excluding hydrogens is 391 g/mol. The molecule has 0 aromatic heterocycles. The maximum Gasteiger partial charge on any atom is -0.0122 e. The molecule has 0 spiro atoms. The topological polar surface area (TPSA) is 0 Å². The van der Waals surface area contributed by atoms with Gasteiger partial charge in [0, 0.05) is 0 Å². The average molecular weight is 453 g/mol. The van der Waals surface area contributed by atoms with Gasteiger partial charge in [0.15, 0.2) is 0 Å². The van der Waals surface area contributed by atoms with Gasteiger partial charge in [-0.3, -0.25) is 0 Å². The maximum absolute atomic E-state index is 3.39. The summed E-state index contributed by atoms with van der Waals surface area (Å²) in [5, 5.41) is 0.514. The minimum Gasteiger partial charge on any atom is -0.131 e. The highest BCUT2D eigenvalue weighted by Gasteiger charge is 2.32. The van der Waals surface area contributed by atoms with Crippen molar-refractivity contribution in [3.05, 3.63) is 12.2 Å². The molecule has 0 rings (SSSR count). The molecule has 31 heavy (non-hydrogen) atoms. The van der Waals surface area contributed by atoms with E-state index in [1.807, 2.05) is 0 Å². The van der Waals surface area contributed by atoms with Crippen LogP contribution in [0.4, 0.5) is 0 Å². The van der Waals surface area contributed by atoms with E-state index in [1.165, 1.54) is 141 Å². The first-order valence-corrected chi connectivity index (χ1v) is 15.2. The van der Waals surface area contributed by atoms with Crippen molar-refractivity contribution in [1.82, 2.24) is 0 Å². The Morgan fingerprint density at radius 2 is 0.935 bits per heavy atom. The number of unbranched alkanes of at least 4 members (excludes halogenated alkanes) is 13. The second-order valence-electron chi connectivity index (χ2n) is 10.3. The van der Waals surface area contributed by atoms with E-state index < -0.39 is 0 Å². The monoisotopic (exact) mass is 452 g/mol. The molecule has 0 nitrogen and oxygen atoms in total. The number of rotatable bonds is 24. The van der Waals surface area contributed by atoms with Gasteiger partial charge < -0.3 is 0 Å². The van der Waals surface area contributed by atoms with Gasteiger partial charge in [0.25, 0.3) is 0 Å². The van der Waals surface area contributed by atoms with Gasteiger partial charge in [0.05, 0.1) is 0 Å². The largest absolute Gasteiger partial charge is 0.131 e. The van der Waals surface area contributed by atoms with Gasteiger partial charge in [-0.15, -0.1) is 9.24 Å². The second kappa shape index (κ2) is 23.3. The van der Waals surface area contributed by atoms with Gasteiger partial charge >= 0.3 is 0 Å². The Kier molecular flexibility index (Phi) is 23.5. The summed E-state index contributed by atoms with van der Waals surface area (Å²) in [6.45, 7) is 9.37. The second-order valence-corrected chi connectivity index (χ2v) is 11.4. The number of hydrogen-bond acceptors (Lipinski definition) is 0.